The van der Waals surface area contributed by atoms with Gasteiger partial charge in [0.05, 0.1) is 6.26 Å². The number of rotatable bonds is 3. The van der Waals surface area contributed by atoms with E-state index in [1.807, 2.05) is 0 Å². The summed E-state index contributed by atoms with van der Waals surface area (Å²) in [5, 5.41) is 16.4. The Morgan fingerprint density at radius 1 is 1.50 bits per heavy atom. The number of aliphatic hydroxyl groups excluding tert-OH is 2. The molecule has 0 saturated carbocycles. The molecule has 3 N–H and O–H groups in total. The van der Waals surface area contributed by atoms with Gasteiger partial charge < -0.3 is 10.2 Å². The molecular weight excluding hydrogens is 160 g/mol. The third-order valence-corrected chi connectivity index (χ3v) is 1.81. The van der Waals surface area contributed by atoms with Crippen molar-refractivity contribution in [2.45, 2.75) is 6.42 Å². The highest BCUT2D eigenvalue weighted by atomic mass is 32.2. The molecule has 0 atom stereocenters. The summed E-state index contributed by atoms with van der Waals surface area (Å²) in [6.45, 7) is -0.438. The first-order chi connectivity index (χ1) is 4.52. The van der Waals surface area contributed by atoms with Crippen LogP contribution in [0.1, 0.15) is 6.42 Å². The molecule has 5 nitrogen and oxygen atoms in total. The highest BCUT2D eigenvalue weighted by Crippen LogP contribution is 2.06. The average Bonchev–Trinajstić information content (AvgIpc) is 1.80. The van der Waals surface area contributed by atoms with Gasteiger partial charge in [-0.05, 0) is 0 Å². The van der Waals surface area contributed by atoms with E-state index in [4.69, 9.17) is 14.8 Å². The Labute approximate surface area is 58.4 Å². The molecule has 0 aliphatic carbocycles. The fourth-order valence-corrected chi connectivity index (χ4v) is 0.853. The Bertz CT molecular complexity index is 214. The molecule has 0 aromatic carbocycles. The molecule has 0 spiro atoms. The fraction of sp³-hybridized carbons (Fsp3) is 0.500. The van der Waals surface area contributed by atoms with E-state index >= 15 is 0 Å². The Morgan fingerprint density at radius 3 is 2.10 bits per heavy atom. The second-order valence-electron chi connectivity index (χ2n) is 1.54. The summed E-state index contributed by atoms with van der Waals surface area (Å²) >= 11 is 0. The Balaban J connectivity index is 4.41. The fourth-order valence-electron chi connectivity index (χ4n) is 0.370. The molecule has 0 saturated heterocycles. The van der Waals surface area contributed by atoms with Crippen LogP contribution in [0.4, 0.5) is 0 Å². The monoisotopic (exact) mass is 168 g/mol. The molecule has 0 aromatic rings. The van der Waals surface area contributed by atoms with Crippen molar-refractivity contribution in [2.75, 3.05) is 6.61 Å². The summed E-state index contributed by atoms with van der Waals surface area (Å²) in [6, 6.07) is 0. The predicted octanol–water partition coefficient (Wildman–Crippen LogP) is -0.344. The SMILES string of the molecule is O=S(=O)(O)C(=CO)CCO. The van der Waals surface area contributed by atoms with Crippen molar-refractivity contribution in [3.8, 4) is 0 Å². The van der Waals surface area contributed by atoms with Crippen molar-refractivity contribution in [1.82, 2.24) is 0 Å². The van der Waals surface area contributed by atoms with Crippen LogP contribution in [-0.2, 0) is 10.1 Å². The molecule has 0 heterocycles. The smallest absolute Gasteiger partial charge is 0.293 e. The molecule has 0 rings (SSSR count). The van der Waals surface area contributed by atoms with Crippen LogP contribution in [0.25, 0.3) is 0 Å². The minimum absolute atomic E-state index is 0.256. The van der Waals surface area contributed by atoms with E-state index in [1.54, 1.807) is 0 Å². The van der Waals surface area contributed by atoms with Gasteiger partial charge in [-0.15, -0.1) is 0 Å². The zero-order chi connectivity index (χ0) is 8.20. The number of hydrogen-bond acceptors (Lipinski definition) is 4. The molecular formula is C4H8O5S. The zero-order valence-corrected chi connectivity index (χ0v) is 5.87. The molecule has 6 heteroatoms. The minimum Gasteiger partial charge on any atom is -0.514 e. The van der Waals surface area contributed by atoms with Crippen molar-refractivity contribution in [3.63, 3.8) is 0 Å². The van der Waals surface area contributed by atoms with Gasteiger partial charge in [0.2, 0.25) is 0 Å². The van der Waals surface area contributed by atoms with Gasteiger partial charge in [-0.2, -0.15) is 8.42 Å². The van der Waals surface area contributed by atoms with Crippen molar-refractivity contribution in [1.29, 1.82) is 0 Å². The van der Waals surface area contributed by atoms with Crippen LogP contribution in [0.15, 0.2) is 11.2 Å². The van der Waals surface area contributed by atoms with E-state index in [2.05, 4.69) is 0 Å². The van der Waals surface area contributed by atoms with Crippen LogP contribution < -0.4 is 0 Å². The standard InChI is InChI=1S/C4H8O5S/c5-2-1-4(3-6)10(7,8)9/h3,5-6H,1-2H2,(H,7,8,9). The van der Waals surface area contributed by atoms with Gasteiger partial charge in [-0.1, -0.05) is 0 Å². The number of hydrogen-bond donors (Lipinski definition) is 3. The molecule has 0 aromatic heterocycles. The van der Waals surface area contributed by atoms with E-state index in [1.165, 1.54) is 0 Å². The molecule has 0 radical (unpaired) electrons. The van der Waals surface area contributed by atoms with Crippen LogP contribution in [0, 0.1) is 0 Å². The van der Waals surface area contributed by atoms with E-state index in [-0.39, 0.29) is 12.7 Å². The van der Waals surface area contributed by atoms with Crippen molar-refractivity contribution >= 4 is 10.1 Å². The summed E-state index contributed by atoms with van der Waals surface area (Å²) in [4.78, 5) is -0.588. The highest BCUT2D eigenvalue weighted by Gasteiger charge is 2.12. The Kier molecular flexibility index (Phi) is 3.34. The Hall–Kier alpha value is -0.590. The molecule has 0 fully saturated rings. The van der Waals surface area contributed by atoms with Crippen LogP contribution in [0.3, 0.4) is 0 Å². The summed E-state index contributed by atoms with van der Waals surface area (Å²) in [6.07, 6.45) is -0.0269. The van der Waals surface area contributed by atoms with Crippen molar-refractivity contribution in [3.05, 3.63) is 11.2 Å². The van der Waals surface area contributed by atoms with E-state index in [0.717, 1.165) is 0 Å². The maximum Gasteiger partial charge on any atom is 0.293 e. The Morgan fingerprint density at radius 2 is 2.00 bits per heavy atom. The molecule has 0 unspecified atom stereocenters. The third-order valence-electron chi connectivity index (χ3n) is 0.834. The lowest BCUT2D eigenvalue weighted by Crippen LogP contribution is -2.03. The van der Waals surface area contributed by atoms with Gasteiger partial charge in [0, 0.05) is 13.0 Å². The van der Waals surface area contributed by atoms with Gasteiger partial charge in [0.25, 0.3) is 10.1 Å². The molecule has 0 aliphatic heterocycles. The molecule has 10 heavy (non-hydrogen) atoms. The quantitative estimate of drug-likeness (QED) is 0.395. The third kappa shape index (κ3) is 2.81. The highest BCUT2D eigenvalue weighted by molar-refractivity contribution is 7.89. The first kappa shape index (κ1) is 9.41. The van der Waals surface area contributed by atoms with E-state index in [9.17, 15) is 8.42 Å². The minimum atomic E-state index is -4.33. The average molecular weight is 168 g/mol. The molecule has 0 amide bonds. The van der Waals surface area contributed by atoms with Crippen LogP contribution in [-0.4, -0.2) is 29.8 Å². The molecule has 0 bridgehead atoms. The van der Waals surface area contributed by atoms with Gasteiger partial charge >= 0.3 is 0 Å². The summed E-state index contributed by atoms with van der Waals surface area (Å²) in [7, 11) is -4.33. The van der Waals surface area contributed by atoms with E-state index in [0.29, 0.717) is 0 Å². The zero-order valence-electron chi connectivity index (χ0n) is 5.06. The van der Waals surface area contributed by atoms with Gasteiger partial charge in [-0.25, -0.2) is 0 Å². The van der Waals surface area contributed by atoms with Crippen LogP contribution >= 0.6 is 0 Å². The lowest BCUT2D eigenvalue weighted by atomic mass is 10.4. The van der Waals surface area contributed by atoms with Gasteiger partial charge in [0.1, 0.15) is 4.91 Å². The largest absolute Gasteiger partial charge is 0.514 e. The maximum absolute atomic E-state index is 10.2. The van der Waals surface area contributed by atoms with Crippen LogP contribution in [0.2, 0.25) is 0 Å². The first-order valence-corrected chi connectivity index (χ1v) is 3.88. The summed E-state index contributed by atoms with van der Waals surface area (Å²) in [5.74, 6) is 0. The molecule has 60 valence electrons. The summed E-state index contributed by atoms with van der Waals surface area (Å²) < 4.78 is 28.6. The molecule has 0 aliphatic rings. The predicted molar refractivity (Wildman–Crippen MR) is 34.0 cm³/mol. The lowest BCUT2D eigenvalue weighted by molar-refractivity contribution is 0.298. The van der Waals surface area contributed by atoms with Crippen molar-refractivity contribution in [2.24, 2.45) is 0 Å². The second-order valence-corrected chi connectivity index (χ2v) is 3.02. The van der Waals surface area contributed by atoms with Gasteiger partial charge in [-0.3, -0.25) is 4.55 Å². The summed E-state index contributed by atoms with van der Waals surface area (Å²) in [5.41, 5.74) is 0. The second kappa shape index (κ2) is 3.55. The lowest BCUT2D eigenvalue weighted by Gasteiger charge is -1.96. The van der Waals surface area contributed by atoms with E-state index < -0.39 is 21.6 Å². The number of aliphatic hydroxyl groups is 2. The van der Waals surface area contributed by atoms with Crippen LogP contribution in [0.5, 0.6) is 0 Å². The first-order valence-electron chi connectivity index (χ1n) is 2.44. The maximum atomic E-state index is 10.2. The normalized spacial score (nSPS) is 13.6. The van der Waals surface area contributed by atoms with Gasteiger partial charge in [0.15, 0.2) is 0 Å². The topological polar surface area (TPSA) is 94.8 Å². The van der Waals surface area contributed by atoms with Crippen molar-refractivity contribution < 1.29 is 23.2 Å².